The van der Waals surface area contributed by atoms with Crippen LogP contribution in [0.4, 0.5) is 0 Å². The van der Waals surface area contributed by atoms with Crippen LogP contribution in [-0.2, 0) is 0 Å². The zero-order chi connectivity index (χ0) is 10.8. The Morgan fingerprint density at radius 3 is 2.14 bits per heavy atom. The van der Waals surface area contributed by atoms with Gasteiger partial charge in [0, 0.05) is 9.52 Å². The third-order valence-electron chi connectivity index (χ3n) is 2.87. The van der Waals surface area contributed by atoms with Gasteiger partial charge in [-0.2, -0.15) is 0 Å². The predicted octanol–water partition coefficient (Wildman–Crippen LogP) is 2.49. The zero-order valence-corrected chi connectivity index (χ0v) is 13.3. The van der Waals surface area contributed by atoms with E-state index in [-0.39, 0.29) is 0 Å². The second-order valence-corrected chi connectivity index (χ2v) is 9.09. The van der Waals surface area contributed by atoms with Gasteiger partial charge in [0.25, 0.3) is 0 Å². The molecule has 86 valence electrons. The van der Waals surface area contributed by atoms with E-state index in [1.807, 2.05) is 0 Å². The summed E-state index contributed by atoms with van der Waals surface area (Å²) in [5.41, 5.74) is 0. The van der Waals surface area contributed by atoms with Gasteiger partial charge in [-0.3, -0.25) is 0 Å². The van der Waals surface area contributed by atoms with Gasteiger partial charge in [0.1, 0.15) is 8.96 Å². The summed E-state index contributed by atoms with van der Waals surface area (Å²) in [5.74, 6) is 0. The van der Waals surface area contributed by atoms with Crippen LogP contribution in [0, 0.1) is 0 Å². The fourth-order valence-electron chi connectivity index (χ4n) is 2.00. The first-order valence-electron chi connectivity index (χ1n) is 6.50. The minimum absolute atomic E-state index is 0.327. The molecular formula is C11H29NSi2. The van der Waals surface area contributed by atoms with Crippen molar-refractivity contribution < 1.29 is 0 Å². The summed E-state index contributed by atoms with van der Waals surface area (Å²) in [6.07, 6.45) is 4.19. The van der Waals surface area contributed by atoms with Crippen molar-refractivity contribution in [1.29, 1.82) is 0 Å². The average molecular weight is 232 g/mol. The van der Waals surface area contributed by atoms with E-state index in [1.165, 1.54) is 32.4 Å². The maximum atomic E-state index is 2.80. The van der Waals surface area contributed by atoms with Crippen LogP contribution < -0.4 is 0 Å². The number of hydrogen-bond acceptors (Lipinski definition) is 1. The summed E-state index contributed by atoms with van der Waals surface area (Å²) in [4.78, 5) is 0. The van der Waals surface area contributed by atoms with Crippen molar-refractivity contribution in [3.63, 3.8) is 0 Å². The van der Waals surface area contributed by atoms with Crippen molar-refractivity contribution >= 4 is 18.5 Å². The van der Waals surface area contributed by atoms with E-state index in [1.54, 1.807) is 12.1 Å². The lowest BCUT2D eigenvalue weighted by Crippen LogP contribution is -2.38. The summed E-state index contributed by atoms with van der Waals surface area (Å²) >= 11 is 0. The zero-order valence-electron chi connectivity index (χ0n) is 10.7. The number of nitrogens with zero attached hydrogens (tertiary/aromatic N) is 1. The van der Waals surface area contributed by atoms with E-state index in [9.17, 15) is 0 Å². The van der Waals surface area contributed by atoms with E-state index in [4.69, 9.17) is 0 Å². The van der Waals surface area contributed by atoms with Crippen LogP contribution in [0.15, 0.2) is 0 Å². The van der Waals surface area contributed by atoms with Crippen molar-refractivity contribution in [3.05, 3.63) is 0 Å². The number of hydrogen-bond donors (Lipinski definition) is 0. The quantitative estimate of drug-likeness (QED) is 0.435. The molecule has 0 aliphatic rings. The van der Waals surface area contributed by atoms with Crippen LogP contribution in [0.5, 0.6) is 0 Å². The van der Waals surface area contributed by atoms with Gasteiger partial charge in [-0.05, 0) is 32.0 Å². The van der Waals surface area contributed by atoms with Crippen molar-refractivity contribution in [2.45, 2.75) is 58.3 Å². The van der Waals surface area contributed by atoms with E-state index in [0.717, 1.165) is 0 Å². The van der Waals surface area contributed by atoms with E-state index < -0.39 is 8.96 Å². The minimum atomic E-state index is -0.528. The van der Waals surface area contributed by atoms with Crippen LogP contribution in [-0.4, -0.2) is 36.1 Å². The smallest absolute Gasteiger partial charge is 0.108 e. The predicted molar refractivity (Wildman–Crippen MR) is 73.8 cm³/mol. The standard InChI is InChI=1S/C11H29NSi2/c1-5-8-12(9-6-2)14(4)11-7-10-13-3/h14H,5-11,13H2,1-4H3. The molecule has 0 N–H and O–H groups in total. The third kappa shape index (κ3) is 6.79. The van der Waals surface area contributed by atoms with Gasteiger partial charge in [0.2, 0.25) is 0 Å². The molecule has 0 fully saturated rings. The van der Waals surface area contributed by atoms with Crippen LogP contribution in [0.1, 0.15) is 33.1 Å². The molecule has 0 saturated heterocycles. The Balaban J connectivity index is 3.69. The largest absolute Gasteiger partial charge is 0.326 e. The lowest BCUT2D eigenvalue weighted by Gasteiger charge is -2.27. The van der Waals surface area contributed by atoms with Crippen molar-refractivity contribution in [2.24, 2.45) is 0 Å². The molecule has 0 aromatic heterocycles. The molecule has 0 rings (SSSR count). The Bertz CT molecular complexity index is 114. The van der Waals surface area contributed by atoms with Crippen LogP contribution in [0.2, 0.25) is 25.2 Å². The van der Waals surface area contributed by atoms with Crippen LogP contribution in [0.25, 0.3) is 0 Å². The molecule has 0 heterocycles. The molecule has 0 saturated carbocycles. The molecule has 1 unspecified atom stereocenters. The first-order chi connectivity index (χ1) is 6.76. The maximum absolute atomic E-state index is 2.80. The Morgan fingerprint density at radius 2 is 1.71 bits per heavy atom. The molecule has 3 heteroatoms. The van der Waals surface area contributed by atoms with Gasteiger partial charge in [-0.25, -0.2) is 0 Å². The summed E-state index contributed by atoms with van der Waals surface area (Å²) in [5, 5.41) is 0. The minimum Gasteiger partial charge on any atom is -0.326 e. The Labute approximate surface area is 94.8 Å². The van der Waals surface area contributed by atoms with E-state index >= 15 is 0 Å². The highest BCUT2D eigenvalue weighted by molar-refractivity contribution is 6.54. The Hall–Kier alpha value is 0.394. The van der Waals surface area contributed by atoms with Gasteiger partial charge in [-0.15, -0.1) is 0 Å². The third-order valence-corrected chi connectivity index (χ3v) is 7.08. The van der Waals surface area contributed by atoms with E-state index in [0.29, 0.717) is 9.52 Å². The molecule has 0 aromatic rings. The van der Waals surface area contributed by atoms with Gasteiger partial charge in [0.05, 0.1) is 0 Å². The SMILES string of the molecule is CCCN(CCC)[SiH](C)CCC[SiH2]C. The first-order valence-corrected chi connectivity index (χ1v) is 11.4. The van der Waals surface area contributed by atoms with Gasteiger partial charge in [0.15, 0.2) is 0 Å². The maximum Gasteiger partial charge on any atom is 0.108 e. The first kappa shape index (κ1) is 14.4. The topological polar surface area (TPSA) is 3.24 Å². The number of rotatable bonds is 9. The van der Waals surface area contributed by atoms with Gasteiger partial charge >= 0.3 is 0 Å². The molecule has 0 amide bonds. The second kappa shape index (κ2) is 9.93. The van der Waals surface area contributed by atoms with Crippen LogP contribution >= 0.6 is 0 Å². The fourth-order valence-corrected chi connectivity index (χ4v) is 6.01. The molecule has 0 bridgehead atoms. The van der Waals surface area contributed by atoms with Crippen molar-refractivity contribution in [2.75, 3.05) is 13.1 Å². The van der Waals surface area contributed by atoms with Gasteiger partial charge in [-0.1, -0.05) is 39.4 Å². The molecule has 0 aromatic carbocycles. The van der Waals surface area contributed by atoms with Gasteiger partial charge < -0.3 is 4.57 Å². The molecule has 14 heavy (non-hydrogen) atoms. The fraction of sp³-hybridized carbons (Fsp3) is 1.00. The average Bonchev–Trinajstić information content (AvgIpc) is 2.18. The highest BCUT2D eigenvalue weighted by atomic mass is 28.3. The molecule has 0 aliphatic carbocycles. The summed E-state index contributed by atoms with van der Waals surface area (Å²) < 4.78 is 2.80. The normalized spacial score (nSPS) is 14.4. The summed E-state index contributed by atoms with van der Waals surface area (Å²) in [6.45, 7) is 12.3. The highest BCUT2D eigenvalue weighted by Crippen LogP contribution is 2.08. The Morgan fingerprint density at radius 1 is 1.14 bits per heavy atom. The molecule has 0 aliphatic heterocycles. The van der Waals surface area contributed by atoms with Crippen molar-refractivity contribution in [1.82, 2.24) is 4.57 Å². The highest BCUT2D eigenvalue weighted by Gasteiger charge is 2.12. The van der Waals surface area contributed by atoms with Crippen molar-refractivity contribution in [3.8, 4) is 0 Å². The lowest BCUT2D eigenvalue weighted by atomic mass is 10.4. The molecule has 0 spiro atoms. The second-order valence-electron chi connectivity index (χ2n) is 4.38. The summed E-state index contributed by atoms with van der Waals surface area (Å²) in [7, 11) is -0.201. The van der Waals surface area contributed by atoms with Crippen LogP contribution in [0.3, 0.4) is 0 Å². The molecule has 0 radical (unpaired) electrons. The van der Waals surface area contributed by atoms with E-state index in [2.05, 4.69) is 31.5 Å². The molecule has 1 nitrogen and oxygen atoms in total. The molecule has 1 atom stereocenters. The summed E-state index contributed by atoms with van der Waals surface area (Å²) in [6, 6.07) is 3.13. The Kier molecular flexibility index (Phi) is 10.2. The molecular weight excluding hydrogens is 202 g/mol. The monoisotopic (exact) mass is 231 g/mol. The lowest BCUT2D eigenvalue weighted by molar-refractivity contribution is 0.428.